The SMILES string of the molecule is c1ccc(-n2c3ccccc3c3ccc(-c4ccc5c(c4)c4cccc6c7ccccc7sc7ccccc7n5c64)cc32)cc1. The van der Waals surface area contributed by atoms with Crippen LogP contribution in [-0.4, -0.2) is 8.97 Å². The fraction of sp³-hybridized carbons (Fsp3) is 0. The van der Waals surface area contributed by atoms with Gasteiger partial charge in [-0.1, -0.05) is 103 Å². The van der Waals surface area contributed by atoms with Gasteiger partial charge >= 0.3 is 0 Å². The van der Waals surface area contributed by atoms with Gasteiger partial charge in [0.1, 0.15) is 0 Å². The maximum absolute atomic E-state index is 2.48. The van der Waals surface area contributed by atoms with Crippen molar-refractivity contribution in [3.63, 3.8) is 0 Å². The van der Waals surface area contributed by atoms with Crippen molar-refractivity contribution in [1.29, 1.82) is 0 Å². The van der Waals surface area contributed by atoms with E-state index in [4.69, 9.17) is 0 Å². The molecule has 0 amide bonds. The van der Waals surface area contributed by atoms with E-state index >= 15 is 0 Å². The van der Waals surface area contributed by atoms with Gasteiger partial charge in [0.05, 0.1) is 32.3 Å². The predicted molar refractivity (Wildman–Crippen MR) is 194 cm³/mol. The molecule has 7 aromatic carbocycles. The number of nitrogens with zero attached hydrogens (tertiary/aromatic N) is 2. The lowest BCUT2D eigenvalue weighted by atomic mass is 10.0. The average Bonchev–Trinajstić information content (AvgIpc) is 3.61. The zero-order valence-corrected chi connectivity index (χ0v) is 25.1. The molecule has 0 unspecified atom stereocenters. The summed E-state index contributed by atoms with van der Waals surface area (Å²) in [4.78, 5) is 0. The van der Waals surface area contributed by atoms with Gasteiger partial charge in [0.15, 0.2) is 0 Å². The van der Waals surface area contributed by atoms with Crippen molar-refractivity contribution >= 4 is 80.6 Å². The maximum Gasteiger partial charge on any atom is 0.0634 e. The van der Waals surface area contributed by atoms with Gasteiger partial charge in [-0.25, -0.2) is 0 Å². The molecule has 0 aliphatic heterocycles. The first-order valence-electron chi connectivity index (χ1n) is 15.4. The zero-order valence-electron chi connectivity index (χ0n) is 24.3. The molecular formula is C42H26N2S. The lowest BCUT2D eigenvalue weighted by Crippen LogP contribution is -1.93. The summed E-state index contributed by atoms with van der Waals surface area (Å²) in [5, 5.41) is 7.65. The van der Waals surface area contributed by atoms with Gasteiger partial charge in [-0.05, 0) is 65.7 Å². The quantitative estimate of drug-likeness (QED) is 0.189. The number of benzene rings is 7. The summed E-state index contributed by atoms with van der Waals surface area (Å²) < 4.78 is 7.43. The molecule has 0 saturated carbocycles. The third kappa shape index (κ3) is 3.56. The van der Waals surface area contributed by atoms with Gasteiger partial charge in [-0.3, -0.25) is 0 Å². The van der Waals surface area contributed by atoms with Crippen LogP contribution in [0.1, 0.15) is 0 Å². The minimum Gasteiger partial charge on any atom is -0.309 e. The third-order valence-electron chi connectivity index (χ3n) is 9.31. The molecule has 10 aromatic rings. The molecule has 210 valence electrons. The Morgan fingerprint density at radius 3 is 1.84 bits per heavy atom. The summed E-state index contributed by atoms with van der Waals surface area (Å²) in [7, 11) is 0. The van der Waals surface area contributed by atoms with Crippen LogP contribution in [0.5, 0.6) is 0 Å². The molecule has 0 radical (unpaired) electrons. The Balaban J connectivity index is 1.30. The molecule has 0 N–H and O–H groups in total. The van der Waals surface area contributed by atoms with Crippen molar-refractivity contribution in [3.8, 4) is 16.8 Å². The van der Waals surface area contributed by atoms with Gasteiger partial charge < -0.3 is 8.97 Å². The van der Waals surface area contributed by atoms with Crippen molar-refractivity contribution in [3.05, 3.63) is 158 Å². The van der Waals surface area contributed by atoms with E-state index in [1.807, 2.05) is 11.3 Å². The first-order chi connectivity index (χ1) is 22.3. The Morgan fingerprint density at radius 1 is 0.356 bits per heavy atom. The van der Waals surface area contributed by atoms with Crippen LogP contribution >= 0.6 is 11.3 Å². The van der Waals surface area contributed by atoms with E-state index in [1.54, 1.807) is 0 Å². The number of aromatic nitrogens is 2. The van der Waals surface area contributed by atoms with Crippen LogP contribution in [0, 0.1) is 0 Å². The topological polar surface area (TPSA) is 9.34 Å². The normalized spacial score (nSPS) is 12.0. The minimum absolute atomic E-state index is 1.18. The number of hydrogen-bond donors (Lipinski definition) is 0. The van der Waals surface area contributed by atoms with Crippen molar-refractivity contribution in [2.24, 2.45) is 0 Å². The standard InChI is InChI=1S/C42H26N2S/c1-2-11-29(12-3-1)43-36-17-6-4-13-30(36)31-23-21-28(26-39(31)43)27-22-24-37-35(25-27)34-16-10-15-33-32-14-5-8-19-40(32)45-41-20-9-7-18-38(41)44(37)42(33)34/h1-26H. The van der Waals surface area contributed by atoms with Crippen LogP contribution in [0.25, 0.3) is 86.1 Å². The Kier molecular flexibility index (Phi) is 5.19. The molecule has 45 heavy (non-hydrogen) atoms. The fourth-order valence-electron chi connectivity index (χ4n) is 7.35. The van der Waals surface area contributed by atoms with Crippen molar-refractivity contribution in [1.82, 2.24) is 8.97 Å². The lowest BCUT2D eigenvalue weighted by Gasteiger charge is -2.09. The number of para-hydroxylation sites is 4. The molecule has 0 bridgehead atoms. The summed E-state index contributed by atoms with van der Waals surface area (Å²) in [5.74, 6) is 0. The Bertz CT molecular complexity index is 2810. The molecule has 10 rings (SSSR count). The summed E-state index contributed by atoms with van der Waals surface area (Å²) in [6, 6.07) is 57.8. The Morgan fingerprint density at radius 2 is 0.978 bits per heavy atom. The van der Waals surface area contributed by atoms with Gasteiger partial charge in [0.2, 0.25) is 0 Å². The largest absolute Gasteiger partial charge is 0.309 e. The van der Waals surface area contributed by atoms with E-state index < -0.39 is 0 Å². The summed E-state index contributed by atoms with van der Waals surface area (Å²) in [5.41, 5.74) is 9.78. The number of hydrogen-bond acceptors (Lipinski definition) is 1. The van der Waals surface area contributed by atoms with Gasteiger partial charge in [-0.2, -0.15) is 0 Å². The number of rotatable bonds is 2. The van der Waals surface area contributed by atoms with E-state index in [1.165, 1.54) is 86.1 Å². The second kappa shape index (κ2) is 9.43. The molecule has 0 fully saturated rings. The van der Waals surface area contributed by atoms with E-state index in [0.29, 0.717) is 0 Å². The molecule has 3 heteroatoms. The molecule has 0 aliphatic rings. The molecule has 0 saturated heterocycles. The highest BCUT2D eigenvalue weighted by molar-refractivity contribution is 7.24. The van der Waals surface area contributed by atoms with Crippen LogP contribution in [-0.2, 0) is 0 Å². The van der Waals surface area contributed by atoms with E-state index in [2.05, 4.69) is 167 Å². The highest BCUT2D eigenvalue weighted by atomic mass is 32.1. The fourth-order valence-corrected chi connectivity index (χ4v) is 8.43. The molecule has 0 aliphatic carbocycles. The maximum atomic E-state index is 2.48. The summed E-state index contributed by atoms with van der Waals surface area (Å²) in [6.45, 7) is 0. The van der Waals surface area contributed by atoms with Crippen molar-refractivity contribution < 1.29 is 0 Å². The Hall–Kier alpha value is -5.64. The van der Waals surface area contributed by atoms with E-state index in [9.17, 15) is 0 Å². The molecule has 3 aromatic heterocycles. The van der Waals surface area contributed by atoms with Gasteiger partial charge in [0, 0.05) is 42.7 Å². The summed E-state index contributed by atoms with van der Waals surface area (Å²) >= 11 is 1.86. The van der Waals surface area contributed by atoms with Gasteiger partial charge in [0.25, 0.3) is 0 Å². The van der Waals surface area contributed by atoms with Crippen LogP contribution in [0.4, 0.5) is 0 Å². The first-order valence-corrected chi connectivity index (χ1v) is 16.2. The second-order valence-corrected chi connectivity index (χ2v) is 12.8. The van der Waals surface area contributed by atoms with E-state index in [0.717, 1.165) is 0 Å². The highest BCUT2D eigenvalue weighted by Gasteiger charge is 2.17. The number of fused-ring (bicyclic) bond motifs is 10. The lowest BCUT2D eigenvalue weighted by molar-refractivity contribution is 1.18. The molecule has 0 atom stereocenters. The van der Waals surface area contributed by atoms with Crippen LogP contribution in [0.2, 0.25) is 0 Å². The third-order valence-corrected chi connectivity index (χ3v) is 10.5. The van der Waals surface area contributed by atoms with Crippen molar-refractivity contribution in [2.75, 3.05) is 0 Å². The molecule has 0 spiro atoms. The second-order valence-electron chi connectivity index (χ2n) is 11.8. The first kappa shape index (κ1) is 24.8. The molecule has 2 nitrogen and oxygen atoms in total. The van der Waals surface area contributed by atoms with Gasteiger partial charge in [-0.15, -0.1) is 11.3 Å². The molecule has 3 heterocycles. The zero-order chi connectivity index (χ0) is 29.5. The van der Waals surface area contributed by atoms with Crippen LogP contribution in [0.3, 0.4) is 0 Å². The summed E-state index contributed by atoms with van der Waals surface area (Å²) in [6.07, 6.45) is 0. The Labute approximate surface area is 263 Å². The van der Waals surface area contributed by atoms with Crippen LogP contribution in [0.15, 0.2) is 158 Å². The van der Waals surface area contributed by atoms with Crippen LogP contribution < -0.4 is 0 Å². The minimum atomic E-state index is 1.18. The average molecular weight is 591 g/mol. The van der Waals surface area contributed by atoms with Crippen molar-refractivity contribution in [2.45, 2.75) is 0 Å². The molecular weight excluding hydrogens is 565 g/mol. The smallest absolute Gasteiger partial charge is 0.0634 e. The highest BCUT2D eigenvalue weighted by Crippen LogP contribution is 2.40. The monoisotopic (exact) mass is 590 g/mol. The van der Waals surface area contributed by atoms with E-state index in [-0.39, 0.29) is 0 Å². The predicted octanol–water partition coefficient (Wildman–Crippen LogP) is 11.9.